The first-order chi connectivity index (χ1) is 15.8. The first-order valence-electron chi connectivity index (χ1n) is 11.2. The number of pyridine rings is 1. The molecule has 2 aromatic heterocycles. The number of amides is 2. The molecule has 0 radical (unpaired) electrons. The Bertz CT molecular complexity index is 1290. The zero-order valence-corrected chi connectivity index (χ0v) is 18.4. The van der Waals surface area contributed by atoms with Crippen LogP contribution in [-0.4, -0.2) is 34.3 Å². The molecule has 168 valence electrons. The molecule has 1 N–H and O–H groups in total. The molecule has 3 aliphatic rings. The molecule has 6 nitrogen and oxygen atoms in total. The van der Waals surface area contributed by atoms with Gasteiger partial charge in [0.15, 0.2) is 0 Å². The molecule has 0 unspecified atom stereocenters. The van der Waals surface area contributed by atoms with Crippen molar-refractivity contribution >= 4 is 11.8 Å². The van der Waals surface area contributed by atoms with Crippen LogP contribution in [0.3, 0.4) is 0 Å². The highest BCUT2D eigenvalue weighted by Crippen LogP contribution is 2.69. The maximum atomic E-state index is 14.4. The number of anilines is 1. The molecular formula is C25H23F2N5O. The number of benzene rings is 1. The predicted molar refractivity (Wildman–Crippen MR) is 119 cm³/mol. The molecule has 3 heterocycles. The molecule has 2 aliphatic carbocycles. The van der Waals surface area contributed by atoms with Gasteiger partial charge < -0.3 is 5.32 Å². The van der Waals surface area contributed by atoms with Gasteiger partial charge in [0, 0.05) is 13.1 Å². The molecule has 0 spiro atoms. The summed E-state index contributed by atoms with van der Waals surface area (Å²) in [6.07, 6.45) is 1.77. The van der Waals surface area contributed by atoms with E-state index in [-0.39, 0.29) is 28.6 Å². The summed E-state index contributed by atoms with van der Waals surface area (Å²) in [7, 11) is 0. The largest absolute Gasteiger partial charge is 0.336 e. The van der Waals surface area contributed by atoms with Crippen molar-refractivity contribution in [1.29, 1.82) is 0 Å². The zero-order valence-electron chi connectivity index (χ0n) is 18.4. The number of aromatic nitrogens is 3. The second kappa shape index (κ2) is 6.79. The number of nitrogens with one attached hydrogen (secondary N) is 1. The van der Waals surface area contributed by atoms with Crippen LogP contribution in [-0.2, 0) is 5.41 Å². The van der Waals surface area contributed by atoms with Crippen molar-refractivity contribution in [2.75, 3.05) is 18.0 Å². The van der Waals surface area contributed by atoms with E-state index >= 15 is 0 Å². The molecule has 2 fully saturated rings. The molecule has 2 amide bonds. The molecular weight excluding hydrogens is 424 g/mol. The summed E-state index contributed by atoms with van der Waals surface area (Å²) in [5.41, 5.74) is 1.99. The number of carbonyl (C=O) groups excluding carboxylic acids is 1. The minimum Gasteiger partial charge on any atom is -0.336 e. The molecule has 6 rings (SSSR count). The van der Waals surface area contributed by atoms with Gasteiger partial charge in [-0.25, -0.2) is 18.6 Å². The van der Waals surface area contributed by atoms with Gasteiger partial charge in [-0.3, -0.25) is 4.90 Å². The number of fused-ring (bicyclic) bond motifs is 5. The fourth-order valence-corrected chi connectivity index (χ4v) is 6.26. The highest BCUT2D eigenvalue weighted by Gasteiger charge is 2.65. The Morgan fingerprint density at radius 2 is 1.85 bits per heavy atom. The Labute approximate surface area is 190 Å². The van der Waals surface area contributed by atoms with Gasteiger partial charge in [-0.15, -0.1) is 5.10 Å². The number of halogens is 2. The van der Waals surface area contributed by atoms with Crippen LogP contribution < -0.4 is 10.2 Å². The lowest BCUT2D eigenvalue weighted by molar-refractivity contribution is 0.242. The van der Waals surface area contributed by atoms with Crippen molar-refractivity contribution in [2.24, 2.45) is 5.41 Å². The van der Waals surface area contributed by atoms with Gasteiger partial charge in [0.25, 0.3) is 0 Å². The summed E-state index contributed by atoms with van der Waals surface area (Å²) in [6.45, 7) is 5.56. The van der Waals surface area contributed by atoms with Gasteiger partial charge in [-0.05, 0) is 60.1 Å². The summed E-state index contributed by atoms with van der Waals surface area (Å²) in [5, 5.41) is 11.7. The van der Waals surface area contributed by atoms with E-state index < -0.39 is 17.0 Å². The van der Waals surface area contributed by atoms with Gasteiger partial charge in [0.05, 0.1) is 28.1 Å². The zero-order chi connectivity index (χ0) is 23.0. The van der Waals surface area contributed by atoms with Crippen molar-refractivity contribution in [1.82, 2.24) is 20.5 Å². The van der Waals surface area contributed by atoms with Crippen molar-refractivity contribution in [2.45, 2.75) is 38.0 Å². The standard InChI is InChI=1S/C25H23F2N5O/c1-24(2)15-9-10-25(24,19-7-4-8-20(29-19)32-12-11-28-23(32)33)22-14(15)13-18(30-31-22)21-16(26)5-3-6-17(21)27/h3-8,13,15H,9-12H2,1-2H3,(H,28,33)/t15-,25-/m0/s1. The summed E-state index contributed by atoms with van der Waals surface area (Å²) in [6, 6.07) is 11.2. The monoisotopic (exact) mass is 447 g/mol. The van der Waals surface area contributed by atoms with Gasteiger partial charge in [0.1, 0.15) is 17.5 Å². The molecule has 1 saturated heterocycles. The molecule has 1 aliphatic heterocycles. The first-order valence-corrected chi connectivity index (χ1v) is 11.2. The van der Waals surface area contributed by atoms with Gasteiger partial charge in [-0.1, -0.05) is 26.0 Å². The molecule has 3 aromatic rings. The lowest BCUT2D eigenvalue weighted by Crippen LogP contribution is -2.38. The maximum absolute atomic E-state index is 14.4. The van der Waals surface area contributed by atoms with E-state index in [0.29, 0.717) is 18.9 Å². The minimum atomic E-state index is -0.653. The Balaban J connectivity index is 1.51. The van der Waals surface area contributed by atoms with Crippen molar-refractivity contribution < 1.29 is 13.6 Å². The third-order valence-corrected chi connectivity index (χ3v) is 7.91. The van der Waals surface area contributed by atoms with Crippen molar-refractivity contribution in [3.05, 3.63) is 71.1 Å². The van der Waals surface area contributed by atoms with Crippen LogP contribution in [0, 0.1) is 17.0 Å². The van der Waals surface area contributed by atoms with Crippen LogP contribution in [0.2, 0.25) is 0 Å². The van der Waals surface area contributed by atoms with Crippen LogP contribution >= 0.6 is 0 Å². The average molecular weight is 447 g/mol. The van der Waals surface area contributed by atoms with Gasteiger partial charge >= 0.3 is 6.03 Å². The molecule has 33 heavy (non-hydrogen) atoms. The van der Waals surface area contributed by atoms with Crippen molar-refractivity contribution in [3.63, 3.8) is 0 Å². The Morgan fingerprint density at radius 3 is 2.58 bits per heavy atom. The van der Waals surface area contributed by atoms with Crippen LogP contribution in [0.25, 0.3) is 11.3 Å². The van der Waals surface area contributed by atoms with E-state index in [2.05, 4.69) is 29.4 Å². The Hall–Kier alpha value is -3.42. The highest BCUT2D eigenvalue weighted by atomic mass is 19.1. The fraction of sp³-hybridized carbons (Fsp3) is 0.360. The number of carbonyl (C=O) groups is 1. The third kappa shape index (κ3) is 2.57. The van der Waals surface area contributed by atoms with E-state index in [9.17, 15) is 13.6 Å². The minimum absolute atomic E-state index is 0.149. The third-order valence-electron chi connectivity index (χ3n) is 7.91. The molecule has 2 atom stereocenters. The molecule has 1 saturated carbocycles. The van der Waals surface area contributed by atoms with Crippen LogP contribution in [0.5, 0.6) is 0 Å². The number of hydrogen-bond donors (Lipinski definition) is 1. The lowest BCUT2D eigenvalue weighted by atomic mass is 9.66. The quantitative estimate of drug-likeness (QED) is 0.640. The molecule has 1 aromatic carbocycles. The van der Waals surface area contributed by atoms with Gasteiger partial charge in [-0.2, -0.15) is 5.10 Å². The highest BCUT2D eigenvalue weighted by molar-refractivity contribution is 5.93. The van der Waals surface area contributed by atoms with E-state index in [4.69, 9.17) is 4.98 Å². The average Bonchev–Trinajstić information content (AvgIpc) is 3.40. The summed E-state index contributed by atoms with van der Waals surface area (Å²) in [4.78, 5) is 18.8. The van der Waals surface area contributed by atoms with Crippen LogP contribution in [0.15, 0.2) is 42.5 Å². The number of rotatable bonds is 3. The maximum Gasteiger partial charge on any atom is 0.323 e. The molecule has 8 heteroatoms. The predicted octanol–water partition coefficient (Wildman–Crippen LogP) is 4.55. The van der Waals surface area contributed by atoms with E-state index in [1.165, 1.54) is 18.2 Å². The van der Waals surface area contributed by atoms with Gasteiger partial charge in [0.2, 0.25) is 0 Å². The van der Waals surface area contributed by atoms with Crippen molar-refractivity contribution in [3.8, 4) is 11.3 Å². The second-order valence-electron chi connectivity index (χ2n) is 9.61. The first kappa shape index (κ1) is 20.2. The van der Waals surface area contributed by atoms with E-state index in [1.54, 1.807) is 11.0 Å². The number of nitrogens with zero attached hydrogens (tertiary/aromatic N) is 4. The van der Waals surface area contributed by atoms with E-state index in [1.807, 2.05) is 18.2 Å². The lowest BCUT2D eigenvalue weighted by Gasteiger charge is -2.37. The summed E-state index contributed by atoms with van der Waals surface area (Å²) >= 11 is 0. The summed E-state index contributed by atoms with van der Waals surface area (Å²) in [5.74, 6) is -0.529. The number of urea groups is 1. The second-order valence-corrected chi connectivity index (χ2v) is 9.61. The summed E-state index contributed by atoms with van der Waals surface area (Å²) < 4.78 is 28.9. The Morgan fingerprint density at radius 1 is 1.09 bits per heavy atom. The molecule has 2 bridgehead atoms. The number of hydrogen-bond acceptors (Lipinski definition) is 4. The Kier molecular flexibility index (Phi) is 4.16. The smallest absolute Gasteiger partial charge is 0.323 e. The topological polar surface area (TPSA) is 71.0 Å². The van der Waals surface area contributed by atoms with Crippen LogP contribution in [0.4, 0.5) is 19.4 Å². The van der Waals surface area contributed by atoms with E-state index in [0.717, 1.165) is 29.8 Å². The fourth-order valence-electron chi connectivity index (χ4n) is 6.26. The normalized spacial score (nSPS) is 24.8. The van der Waals surface area contributed by atoms with Crippen LogP contribution in [0.1, 0.15) is 49.6 Å². The SMILES string of the molecule is CC1(C)[C@H]2CC[C@]1(c1cccc(N3CCNC3=O)n1)c1nnc(-c3c(F)cccc3F)cc12.